The first-order valence-electron chi connectivity index (χ1n) is 13.5. The Bertz CT molecular complexity index is 1310. The lowest BCUT2D eigenvalue weighted by Gasteiger charge is -2.39. The smallest absolute Gasteiger partial charge is 0.404 e. The van der Waals surface area contributed by atoms with Crippen molar-refractivity contribution in [2.75, 3.05) is 32.1 Å². The van der Waals surface area contributed by atoms with Crippen molar-refractivity contribution in [1.82, 2.24) is 20.5 Å². The van der Waals surface area contributed by atoms with Gasteiger partial charge in [0.05, 0.1) is 6.54 Å². The average molecular weight is 536 g/mol. The van der Waals surface area contributed by atoms with Crippen LogP contribution in [0.1, 0.15) is 70.9 Å². The third-order valence-corrected chi connectivity index (χ3v) is 7.29. The Hall–Kier alpha value is -3.77. The van der Waals surface area contributed by atoms with Gasteiger partial charge in [0, 0.05) is 53.2 Å². The van der Waals surface area contributed by atoms with Crippen molar-refractivity contribution < 1.29 is 14.7 Å². The van der Waals surface area contributed by atoms with Crippen LogP contribution in [-0.2, 0) is 6.54 Å². The summed E-state index contributed by atoms with van der Waals surface area (Å²) in [6.07, 6.45) is 2.26. The molecule has 210 valence electrons. The number of carbonyl (C=O) groups is 2. The number of carbonyl (C=O) groups excluding carboxylic acids is 1. The largest absolute Gasteiger partial charge is 0.465 e. The van der Waals surface area contributed by atoms with Crippen molar-refractivity contribution in [3.63, 3.8) is 0 Å². The Labute approximate surface area is 231 Å². The van der Waals surface area contributed by atoms with Gasteiger partial charge in [0.1, 0.15) is 0 Å². The number of hydrogen-bond acceptors (Lipinski definition) is 5. The molecular weight excluding hydrogens is 494 g/mol. The zero-order valence-corrected chi connectivity index (χ0v) is 23.9. The number of anilines is 1. The lowest BCUT2D eigenvalue weighted by Crippen LogP contribution is -2.44. The first-order valence-corrected chi connectivity index (χ1v) is 13.5. The highest BCUT2D eigenvalue weighted by Crippen LogP contribution is 2.32. The number of aromatic nitrogens is 1. The minimum atomic E-state index is -0.982. The summed E-state index contributed by atoms with van der Waals surface area (Å²) in [6, 6.07) is 5.97. The van der Waals surface area contributed by atoms with Crippen LogP contribution in [0, 0.1) is 32.6 Å². The average Bonchev–Trinajstić information content (AvgIpc) is 2.85. The second-order valence-corrected chi connectivity index (χ2v) is 10.6. The number of aryl methyl sites for hydroxylation is 2. The van der Waals surface area contributed by atoms with Crippen LogP contribution in [0.3, 0.4) is 0 Å². The molecule has 0 aliphatic heterocycles. The third-order valence-electron chi connectivity index (χ3n) is 7.29. The zero-order valence-electron chi connectivity index (χ0n) is 23.9. The van der Waals surface area contributed by atoms with E-state index in [1.807, 2.05) is 51.9 Å². The highest BCUT2D eigenvalue weighted by molar-refractivity contribution is 5.97. The molecule has 1 aromatic carbocycles. The molecule has 1 aliphatic carbocycles. The second kappa shape index (κ2) is 13.3. The first-order chi connectivity index (χ1) is 18.5. The summed E-state index contributed by atoms with van der Waals surface area (Å²) >= 11 is 0. The summed E-state index contributed by atoms with van der Waals surface area (Å²) in [5.41, 5.74) is 5.06. The van der Waals surface area contributed by atoms with Gasteiger partial charge in [0.2, 0.25) is 0 Å². The predicted octanol–water partition coefficient (Wildman–Crippen LogP) is 3.55. The third kappa shape index (κ3) is 7.87. The van der Waals surface area contributed by atoms with E-state index in [1.54, 1.807) is 0 Å². The van der Waals surface area contributed by atoms with E-state index < -0.39 is 6.09 Å². The van der Waals surface area contributed by atoms with Gasteiger partial charge in [-0.1, -0.05) is 11.8 Å². The van der Waals surface area contributed by atoms with Gasteiger partial charge in [-0.05, 0) is 96.8 Å². The van der Waals surface area contributed by atoms with Gasteiger partial charge in [-0.3, -0.25) is 14.5 Å². The van der Waals surface area contributed by atoms with Gasteiger partial charge in [-0.15, -0.1) is 0 Å². The van der Waals surface area contributed by atoms with Crippen LogP contribution in [0.2, 0.25) is 0 Å². The van der Waals surface area contributed by atoms with Gasteiger partial charge in [-0.2, -0.15) is 0 Å². The van der Waals surface area contributed by atoms with Crippen LogP contribution in [0.25, 0.3) is 0 Å². The predicted molar refractivity (Wildman–Crippen MR) is 155 cm³/mol. The Morgan fingerprint density at radius 2 is 1.79 bits per heavy atom. The number of pyridine rings is 1. The summed E-state index contributed by atoms with van der Waals surface area (Å²) in [4.78, 5) is 44.1. The second-order valence-electron chi connectivity index (χ2n) is 10.6. The number of H-pyrrole nitrogens is 1. The molecule has 39 heavy (non-hydrogen) atoms. The molecule has 2 amide bonds. The van der Waals surface area contributed by atoms with E-state index in [4.69, 9.17) is 5.11 Å². The fraction of sp³-hybridized carbons (Fsp3) is 0.500. The van der Waals surface area contributed by atoms with Crippen molar-refractivity contribution in [2.45, 2.75) is 72.0 Å². The molecule has 0 unspecified atom stereocenters. The van der Waals surface area contributed by atoms with Crippen LogP contribution in [0.15, 0.2) is 23.0 Å². The highest BCUT2D eigenvalue weighted by Gasteiger charge is 2.28. The molecule has 2 aromatic rings. The van der Waals surface area contributed by atoms with Crippen molar-refractivity contribution >= 4 is 17.7 Å². The Kier molecular flexibility index (Phi) is 10.2. The topological polar surface area (TPSA) is 118 Å². The number of nitrogens with zero attached hydrogens (tertiary/aromatic N) is 2. The Morgan fingerprint density at radius 1 is 1.10 bits per heavy atom. The van der Waals surface area contributed by atoms with E-state index >= 15 is 0 Å². The fourth-order valence-corrected chi connectivity index (χ4v) is 5.30. The molecule has 3 rings (SSSR count). The monoisotopic (exact) mass is 535 g/mol. The number of carboxylic acid groups (broad SMARTS) is 1. The summed E-state index contributed by atoms with van der Waals surface area (Å²) < 4.78 is 0. The van der Waals surface area contributed by atoms with Gasteiger partial charge in [0.15, 0.2) is 0 Å². The van der Waals surface area contributed by atoms with E-state index in [2.05, 4.69) is 45.3 Å². The van der Waals surface area contributed by atoms with E-state index in [0.717, 1.165) is 60.3 Å². The number of rotatable bonds is 8. The molecule has 0 atom stereocenters. The van der Waals surface area contributed by atoms with E-state index in [9.17, 15) is 14.4 Å². The lowest BCUT2D eigenvalue weighted by atomic mass is 9.89. The number of nitrogens with one attached hydrogen (secondary N) is 3. The molecule has 9 heteroatoms. The Morgan fingerprint density at radius 3 is 2.38 bits per heavy atom. The molecule has 9 nitrogen and oxygen atoms in total. The molecule has 4 N–H and O–H groups in total. The maximum atomic E-state index is 13.5. The van der Waals surface area contributed by atoms with Crippen molar-refractivity contribution in [3.8, 4) is 11.8 Å². The van der Waals surface area contributed by atoms with E-state index in [1.165, 1.54) is 0 Å². The fourth-order valence-electron chi connectivity index (χ4n) is 5.30. The molecule has 0 bridgehead atoms. The SMILES string of the molecule is CCN(c1cc(C#CCN(C)C)cc(C(=O)NCc2c(C)cc(C)[nH]c2=O)c1C)[C@H]1CC[C@H](NC(=O)O)CC1. The molecule has 1 fully saturated rings. The quantitative estimate of drug-likeness (QED) is 0.384. The van der Waals surface area contributed by atoms with Crippen molar-refractivity contribution in [1.29, 1.82) is 0 Å². The van der Waals surface area contributed by atoms with E-state index in [-0.39, 0.29) is 30.1 Å². The van der Waals surface area contributed by atoms with Crippen LogP contribution in [-0.4, -0.2) is 66.3 Å². The van der Waals surface area contributed by atoms with Crippen LogP contribution in [0.4, 0.5) is 10.5 Å². The maximum Gasteiger partial charge on any atom is 0.404 e. The molecule has 0 radical (unpaired) electrons. The minimum Gasteiger partial charge on any atom is -0.465 e. The summed E-state index contributed by atoms with van der Waals surface area (Å²) in [7, 11) is 3.91. The Balaban J connectivity index is 1.92. The summed E-state index contributed by atoms with van der Waals surface area (Å²) in [5.74, 6) is 6.13. The van der Waals surface area contributed by atoms with Gasteiger partial charge >= 0.3 is 6.09 Å². The number of benzene rings is 1. The highest BCUT2D eigenvalue weighted by atomic mass is 16.4. The van der Waals surface area contributed by atoms with Gasteiger partial charge < -0.3 is 25.6 Å². The molecule has 0 saturated heterocycles. The van der Waals surface area contributed by atoms with Crippen molar-refractivity contribution in [3.05, 3.63) is 62.1 Å². The van der Waals surface area contributed by atoms with Crippen LogP contribution >= 0.6 is 0 Å². The van der Waals surface area contributed by atoms with E-state index in [0.29, 0.717) is 17.7 Å². The number of amides is 2. The number of aromatic amines is 1. The zero-order chi connectivity index (χ0) is 28.7. The molecule has 1 saturated carbocycles. The molecule has 0 spiro atoms. The van der Waals surface area contributed by atoms with Crippen LogP contribution in [0.5, 0.6) is 0 Å². The standard InChI is InChI=1S/C30H41N5O4/c1-7-35(24-12-10-23(11-13-24)33-30(38)39)27-17-22(9-8-14-34(5)6)16-25(21(27)4)28(36)31-18-26-19(2)15-20(3)32-29(26)37/h15-17,23-24,33H,7,10-14,18H2,1-6H3,(H,31,36)(H,32,37)(H,38,39)/t23-,24-. The minimum absolute atomic E-state index is 0.0310. The maximum absolute atomic E-state index is 13.5. The molecule has 1 aromatic heterocycles. The first kappa shape index (κ1) is 29.8. The molecular formula is C30H41N5O4. The lowest BCUT2D eigenvalue weighted by molar-refractivity contribution is 0.0950. The van der Waals surface area contributed by atoms with Gasteiger partial charge in [0.25, 0.3) is 11.5 Å². The summed E-state index contributed by atoms with van der Waals surface area (Å²) in [6.45, 7) is 9.22. The van der Waals surface area contributed by atoms with Crippen molar-refractivity contribution in [2.24, 2.45) is 0 Å². The van der Waals surface area contributed by atoms with Crippen LogP contribution < -0.4 is 21.1 Å². The van der Waals surface area contributed by atoms with Gasteiger partial charge in [-0.25, -0.2) is 4.79 Å². The normalized spacial score (nSPS) is 16.8. The molecule has 1 aliphatic rings. The number of hydrogen-bond donors (Lipinski definition) is 4. The summed E-state index contributed by atoms with van der Waals surface area (Å²) in [5, 5.41) is 14.6. The molecule has 1 heterocycles.